The minimum absolute atomic E-state index is 0.106. The Bertz CT molecular complexity index is 1040. The van der Waals surface area contributed by atoms with Crippen LogP contribution in [0.25, 0.3) is 0 Å². The molecular weight excluding hydrogens is 402 g/mol. The fourth-order valence-corrected chi connectivity index (χ4v) is 3.86. The van der Waals surface area contributed by atoms with Crippen molar-refractivity contribution in [1.29, 1.82) is 0 Å². The zero-order valence-electron chi connectivity index (χ0n) is 15.7. The van der Waals surface area contributed by atoms with Crippen LogP contribution in [0.4, 0.5) is 14.5 Å². The number of nitrogens with zero attached hydrogens (tertiary/aromatic N) is 1. The molecular formula is C20H20F2N2O4S. The van der Waals surface area contributed by atoms with Crippen LogP contribution in [0.2, 0.25) is 0 Å². The van der Waals surface area contributed by atoms with Gasteiger partial charge in [0.25, 0.3) is 5.91 Å². The highest BCUT2D eigenvalue weighted by atomic mass is 32.2. The summed E-state index contributed by atoms with van der Waals surface area (Å²) in [6.45, 7) is 0.591. The Labute approximate surface area is 167 Å². The first-order valence-electron chi connectivity index (χ1n) is 9.00. The molecule has 1 heterocycles. The molecule has 1 aliphatic heterocycles. The van der Waals surface area contributed by atoms with Crippen LogP contribution in [0.3, 0.4) is 0 Å². The lowest BCUT2D eigenvalue weighted by molar-refractivity contribution is -0.121. The van der Waals surface area contributed by atoms with Crippen molar-refractivity contribution in [2.45, 2.75) is 17.7 Å². The molecule has 2 aromatic rings. The van der Waals surface area contributed by atoms with E-state index in [1.54, 1.807) is 0 Å². The first kappa shape index (κ1) is 20.9. The zero-order valence-corrected chi connectivity index (χ0v) is 16.5. The zero-order chi connectivity index (χ0) is 21.2. The molecule has 0 saturated carbocycles. The van der Waals surface area contributed by atoms with Crippen molar-refractivity contribution in [1.82, 2.24) is 4.90 Å². The molecule has 1 N–H and O–H groups in total. The topological polar surface area (TPSA) is 83.6 Å². The summed E-state index contributed by atoms with van der Waals surface area (Å²) in [5.74, 6) is -2.58. The molecule has 1 unspecified atom stereocenters. The summed E-state index contributed by atoms with van der Waals surface area (Å²) in [5.41, 5.74) is 0.0965. The normalized spacial score (nSPS) is 17.1. The van der Waals surface area contributed by atoms with Crippen LogP contribution in [-0.2, 0) is 14.6 Å². The van der Waals surface area contributed by atoms with Crippen LogP contribution < -0.4 is 5.32 Å². The molecule has 1 fully saturated rings. The van der Waals surface area contributed by atoms with Crippen molar-refractivity contribution in [2.24, 2.45) is 5.92 Å². The number of benzene rings is 2. The van der Waals surface area contributed by atoms with Crippen LogP contribution in [0, 0.1) is 17.6 Å². The van der Waals surface area contributed by atoms with Crippen LogP contribution in [0.5, 0.6) is 0 Å². The summed E-state index contributed by atoms with van der Waals surface area (Å²) >= 11 is 0. The second-order valence-electron chi connectivity index (χ2n) is 7.00. The van der Waals surface area contributed by atoms with Crippen molar-refractivity contribution in [3.05, 3.63) is 59.7 Å². The maximum Gasteiger partial charge on any atom is 0.253 e. The number of sulfone groups is 1. The molecule has 6 nitrogen and oxygen atoms in total. The highest BCUT2D eigenvalue weighted by Gasteiger charge is 2.29. The van der Waals surface area contributed by atoms with Gasteiger partial charge in [0.05, 0.1) is 16.5 Å². The Kier molecular flexibility index (Phi) is 5.97. The van der Waals surface area contributed by atoms with E-state index in [1.165, 1.54) is 29.2 Å². The van der Waals surface area contributed by atoms with Gasteiger partial charge < -0.3 is 10.2 Å². The maximum atomic E-state index is 14.0. The third kappa shape index (κ3) is 4.97. The Balaban J connectivity index is 1.72. The fourth-order valence-electron chi connectivity index (χ4n) is 3.22. The van der Waals surface area contributed by atoms with E-state index < -0.39 is 33.3 Å². The standard InChI is InChI=1S/C20H20F2N2O4S/c1-29(27,28)16-8-9-17(22)18(11-16)23-19(25)14-3-2-10-24(12-14)20(26)13-4-6-15(21)7-5-13/h4-9,11,14H,2-3,10,12H2,1H3,(H,23,25). The molecule has 1 saturated heterocycles. The van der Waals surface area contributed by atoms with Crippen LogP contribution in [0.15, 0.2) is 47.4 Å². The molecule has 154 valence electrons. The molecule has 0 aromatic heterocycles. The minimum Gasteiger partial charge on any atom is -0.338 e. The van der Waals surface area contributed by atoms with E-state index in [2.05, 4.69) is 5.32 Å². The van der Waals surface area contributed by atoms with Crippen molar-refractivity contribution < 1.29 is 26.8 Å². The van der Waals surface area contributed by atoms with Crippen LogP contribution in [-0.4, -0.2) is 44.5 Å². The van der Waals surface area contributed by atoms with Crippen molar-refractivity contribution in [3.63, 3.8) is 0 Å². The first-order valence-corrected chi connectivity index (χ1v) is 10.9. The third-order valence-electron chi connectivity index (χ3n) is 4.79. The van der Waals surface area contributed by atoms with E-state index in [0.29, 0.717) is 24.9 Å². The summed E-state index contributed by atoms with van der Waals surface area (Å²) in [7, 11) is -3.55. The molecule has 2 aromatic carbocycles. The Hall–Kier alpha value is -2.81. The predicted octanol–water partition coefficient (Wildman–Crippen LogP) is 2.86. The van der Waals surface area contributed by atoms with E-state index in [1.807, 2.05) is 0 Å². The number of rotatable bonds is 4. The quantitative estimate of drug-likeness (QED) is 0.768. The first-order chi connectivity index (χ1) is 13.6. The van der Waals surface area contributed by atoms with E-state index in [4.69, 9.17) is 0 Å². The van der Waals surface area contributed by atoms with E-state index >= 15 is 0 Å². The Morgan fingerprint density at radius 3 is 2.45 bits per heavy atom. The number of amides is 2. The summed E-state index contributed by atoms with van der Waals surface area (Å²) in [6.07, 6.45) is 2.08. The minimum atomic E-state index is -3.55. The van der Waals surface area contributed by atoms with Gasteiger partial charge in [-0.2, -0.15) is 0 Å². The van der Waals surface area contributed by atoms with Gasteiger partial charge in [-0.15, -0.1) is 0 Å². The number of likely N-dealkylation sites (tertiary alicyclic amines) is 1. The molecule has 0 spiro atoms. The predicted molar refractivity (Wildman–Crippen MR) is 103 cm³/mol. The van der Waals surface area contributed by atoms with Gasteiger partial charge in [-0.05, 0) is 55.3 Å². The number of nitrogens with one attached hydrogen (secondary N) is 1. The van der Waals surface area contributed by atoms with E-state index in [9.17, 15) is 26.8 Å². The average molecular weight is 422 g/mol. The van der Waals surface area contributed by atoms with Gasteiger partial charge >= 0.3 is 0 Å². The Morgan fingerprint density at radius 2 is 1.79 bits per heavy atom. The Morgan fingerprint density at radius 1 is 1.10 bits per heavy atom. The monoisotopic (exact) mass is 422 g/mol. The molecule has 0 radical (unpaired) electrons. The summed E-state index contributed by atoms with van der Waals surface area (Å²) in [6, 6.07) is 8.34. The van der Waals surface area contributed by atoms with E-state index in [-0.39, 0.29) is 23.0 Å². The van der Waals surface area contributed by atoms with Crippen LogP contribution in [0.1, 0.15) is 23.2 Å². The molecule has 1 aliphatic rings. The summed E-state index contributed by atoms with van der Waals surface area (Å²) in [4.78, 5) is 26.6. The van der Waals surface area contributed by atoms with E-state index in [0.717, 1.165) is 24.5 Å². The molecule has 0 aliphatic carbocycles. The smallest absolute Gasteiger partial charge is 0.253 e. The summed E-state index contributed by atoms with van der Waals surface area (Å²) < 4.78 is 50.4. The molecule has 3 rings (SSSR count). The van der Waals surface area contributed by atoms with Gasteiger partial charge in [0.15, 0.2) is 9.84 Å². The van der Waals surface area contributed by atoms with Crippen molar-refractivity contribution >= 4 is 27.3 Å². The molecule has 29 heavy (non-hydrogen) atoms. The van der Waals surface area contributed by atoms with Gasteiger partial charge in [-0.3, -0.25) is 9.59 Å². The van der Waals surface area contributed by atoms with Gasteiger partial charge in [0, 0.05) is 24.9 Å². The highest BCUT2D eigenvalue weighted by Crippen LogP contribution is 2.24. The molecule has 9 heteroatoms. The summed E-state index contributed by atoms with van der Waals surface area (Å²) in [5, 5.41) is 2.43. The number of piperidine rings is 1. The number of hydrogen-bond acceptors (Lipinski definition) is 4. The molecule has 1 atom stereocenters. The third-order valence-corrected chi connectivity index (χ3v) is 5.90. The second kappa shape index (κ2) is 8.28. The lowest BCUT2D eigenvalue weighted by atomic mass is 9.96. The van der Waals surface area contributed by atoms with Gasteiger partial charge in [-0.25, -0.2) is 17.2 Å². The SMILES string of the molecule is CS(=O)(=O)c1ccc(F)c(NC(=O)C2CCCN(C(=O)c3ccc(F)cc3)C2)c1. The highest BCUT2D eigenvalue weighted by molar-refractivity contribution is 7.90. The second-order valence-corrected chi connectivity index (χ2v) is 9.02. The largest absolute Gasteiger partial charge is 0.338 e. The number of halogens is 2. The maximum absolute atomic E-state index is 14.0. The van der Waals surface area contributed by atoms with Crippen LogP contribution >= 0.6 is 0 Å². The fraction of sp³-hybridized carbons (Fsp3) is 0.300. The average Bonchev–Trinajstić information content (AvgIpc) is 2.69. The number of carbonyl (C=O) groups is 2. The molecule has 0 bridgehead atoms. The van der Waals surface area contributed by atoms with Gasteiger partial charge in [0.2, 0.25) is 5.91 Å². The number of anilines is 1. The lowest BCUT2D eigenvalue weighted by Gasteiger charge is -2.32. The number of hydrogen-bond donors (Lipinski definition) is 1. The number of carbonyl (C=O) groups excluding carboxylic acids is 2. The van der Waals surface area contributed by atoms with Gasteiger partial charge in [-0.1, -0.05) is 0 Å². The molecule has 2 amide bonds. The van der Waals surface area contributed by atoms with Crippen molar-refractivity contribution in [2.75, 3.05) is 24.7 Å². The van der Waals surface area contributed by atoms with Gasteiger partial charge in [0.1, 0.15) is 11.6 Å². The van der Waals surface area contributed by atoms with Crippen molar-refractivity contribution in [3.8, 4) is 0 Å². The lowest BCUT2D eigenvalue weighted by Crippen LogP contribution is -2.43.